The smallest absolute Gasteiger partial charge is 0.279 e. The molecule has 0 spiro atoms. The van der Waals surface area contributed by atoms with Gasteiger partial charge in [-0.3, -0.25) is 4.79 Å². The van der Waals surface area contributed by atoms with E-state index in [2.05, 4.69) is 4.99 Å². The van der Waals surface area contributed by atoms with E-state index in [1.807, 2.05) is 47.0 Å². The minimum atomic E-state index is -0.749. The van der Waals surface area contributed by atoms with Crippen molar-refractivity contribution in [2.45, 2.75) is 12.6 Å². The maximum absolute atomic E-state index is 12.6. The number of nitrogens with zero attached hydrogens (tertiary/aromatic N) is 2. The molecule has 4 nitrogen and oxygen atoms in total. The molecule has 1 heterocycles. The molecule has 0 aliphatic heterocycles. The fourth-order valence-electron chi connectivity index (χ4n) is 2.98. The van der Waals surface area contributed by atoms with E-state index in [0.29, 0.717) is 15.4 Å². The molecule has 28 heavy (non-hydrogen) atoms. The Labute approximate surface area is 171 Å². The molecule has 1 unspecified atom stereocenters. The Morgan fingerprint density at radius 2 is 1.68 bits per heavy atom. The summed E-state index contributed by atoms with van der Waals surface area (Å²) in [5, 5.41) is 11.4. The first-order valence-corrected chi connectivity index (χ1v) is 9.97. The lowest BCUT2D eigenvalue weighted by Crippen LogP contribution is -2.20. The van der Waals surface area contributed by atoms with Crippen LogP contribution >= 0.6 is 22.9 Å². The first kappa shape index (κ1) is 18.6. The van der Waals surface area contributed by atoms with Crippen LogP contribution < -0.4 is 4.80 Å². The van der Waals surface area contributed by atoms with Crippen molar-refractivity contribution in [2.75, 3.05) is 0 Å². The Bertz CT molecular complexity index is 1180. The standard InChI is InChI=1S/C22H17ClN2O2S/c23-17-12-10-15(11-13-17)19(26)14-25-18-8-4-5-9-20(18)28-22(25)24-21(27)16-6-2-1-3-7-16/h1-13,19,26H,14H2. The van der Waals surface area contributed by atoms with Gasteiger partial charge in [0.25, 0.3) is 5.91 Å². The monoisotopic (exact) mass is 408 g/mol. The van der Waals surface area contributed by atoms with Crippen molar-refractivity contribution in [3.63, 3.8) is 0 Å². The van der Waals surface area contributed by atoms with Crippen molar-refractivity contribution < 1.29 is 9.90 Å². The van der Waals surface area contributed by atoms with Crippen LogP contribution in [-0.4, -0.2) is 15.6 Å². The number of thiazole rings is 1. The molecule has 4 aromatic rings. The average Bonchev–Trinajstić information content (AvgIpc) is 3.06. The third kappa shape index (κ3) is 3.92. The molecule has 6 heteroatoms. The Balaban J connectivity index is 1.76. The average molecular weight is 409 g/mol. The van der Waals surface area contributed by atoms with Crippen LogP contribution in [0.1, 0.15) is 22.0 Å². The summed E-state index contributed by atoms with van der Waals surface area (Å²) in [6.45, 7) is 0.284. The first-order valence-electron chi connectivity index (χ1n) is 8.78. The third-order valence-electron chi connectivity index (χ3n) is 4.42. The Hall–Kier alpha value is -2.73. The predicted molar refractivity (Wildman–Crippen MR) is 113 cm³/mol. The molecule has 3 aromatic carbocycles. The van der Waals surface area contributed by atoms with Gasteiger partial charge in [-0.15, -0.1) is 0 Å². The van der Waals surface area contributed by atoms with Gasteiger partial charge in [-0.05, 0) is 42.0 Å². The second kappa shape index (κ2) is 8.10. The van der Waals surface area contributed by atoms with Crippen LogP contribution in [-0.2, 0) is 6.54 Å². The van der Waals surface area contributed by atoms with Gasteiger partial charge in [-0.1, -0.05) is 65.4 Å². The molecule has 0 fully saturated rings. The van der Waals surface area contributed by atoms with E-state index in [1.54, 1.807) is 36.4 Å². The lowest BCUT2D eigenvalue weighted by molar-refractivity contribution is 0.0996. The highest BCUT2D eigenvalue weighted by Gasteiger charge is 2.14. The van der Waals surface area contributed by atoms with E-state index in [-0.39, 0.29) is 12.5 Å². The molecule has 0 saturated carbocycles. The molecule has 1 N–H and O–H groups in total. The van der Waals surface area contributed by atoms with Crippen LogP contribution in [0, 0.1) is 0 Å². The summed E-state index contributed by atoms with van der Waals surface area (Å²) in [6, 6.07) is 23.9. The number of para-hydroxylation sites is 1. The topological polar surface area (TPSA) is 54.6 Å². The number of amides is 1. The minimum absolute atomic E-state index is 0.284. The summed E-state index contributed by atoms with van der Waals surface area (Å²) < 4.78 is 2.89. The van der Waals surface area contributed by atoms with Crippen LogP contribution in [0.25, 0.3) is 10.2 Å². The summed E-state index contributed by atoms with van der Waals surface area (Å²) in [5.74, 6) is -0.304. The number of halogens is 1. The van der Waals surface area contributed by atoms with Gasteiger partial charge in [0.05, 0.1) is 22.9 Å². The molecule has 0 radical (unpaired) electrons. The zero-order chi connectivity index (χ0) is 19.5. The number of fused-ring (bicyclic) bond motifs is 1. The van der Waals surface area contributed by atoms with E-state index in [4.69, 9.17) is 11.6 Å². The number of hydrogen-bond donors (Lipinski definition) is 1. The molecule has 1 amide bonds. The molecular weight excluding hydrogens is 392 g/mol. The Morgan fingerprint density at radius 1 is 1.00 bits per heavy atom. The van der Waals surface area contributed by atoms with Gasteiger partial charge >= 0.3 is 0 Å². The molecule has 0 saturated heterocycles. The lowest BCUT2D eigenvalue weighted by Gasteiger charge is -2.13. The fourth-order valence-corrected chi connectivity index (χ4v) is 4.14. The van der Waals surface area contributed by atoms with Gasteiger partial charge in [-0.2, -0.15) is 4.99 Å². The molecular formula is C22H17ClN2O2S. The number of aliphatic hydroxyl groups excluding tert-OH is 1. The molecule has 1 atom stereocenters. The Kier molecular flexibility index (Phi) is 5.39. The summed E-state index contributed by atoms with van der Waals surface area (Å²) in [5.41, 5.74) is 2.22. The second-order valence-electron chi connectivity index (χ2n) is 6.31. The van der Waals surface area contributed by atoms with Gasteiger partial charge < -0.3 is 9.67 Å². The summed E-state index contributed by atoms with van der Waals surface area (Å²) in [4.78, 5) is 17.5. The van der Waals surface area contributed by atoms with Crippen molar-refractivity contribution in [3.8, 4) is 0 Å². The van der Waals surface area contributed by atoms with Gasteiger partial charge in [0, 0.05) is 10.6 Å². The number of aromatic nitrogens is 1. The molecule has 0 aliphatic rings. The van der Waals surface area contributed by atoms with E-state index in [1.165, 1.54) is 11.3 Å². The molecule has 140 valence electrons. The summed E-state index contributed by atoms with van der Waals surface area (Å²) in [7, 11) is 0. The van der Waals surface area contributed by atoms with Crippen molar-refractivity contribution in [3.05, 3.63) is 99.8 Å². The Morgan fingerprint density at radius 3 is 2.43 bits per heavy atom. The van der Waals surface area contributed by atoms with Gasteiger partial charge in [-0.25, -0.2) is 0 Å². The zero-order valence-electron chi connectivity index (χ0n) is 14.8. The number of rotatable bonds is 4. The molecule has 1 aromatic heterocycles. The van der Waals surface area contributed by atoms with Crippen LogP contribution in [0.3, 0.4) is 0 Å². The quantitative estimate of drug-likeness (QED) is 0.525. The largest absolute Gasteiger partial charge is 0.387 e. The summed E-state index contributed by atoms with van der Waals surface area (Å²) in [6.07, 6.45) is -0.749. The number of benzene rings is 3. The molecule has 4 rings (SSSR count). The normalized spacial score (nSPS) is 13.0. The van der Waals surface area contributed by atoms with Crippen LogP contribution in [0.15, 0.2) is 83.9 Å². The number of aliphatic hydroxyl groups is 1. The highest BCUT2D eigenvalue weighted by molar-refractivity contribution is 7.16. The van der Waals surface area contributed by atoms with Crippen molar-refractivity contribution in [1.29, 1.82) is 0 Å². The second-order valence-corrected chi connectivity index (χ2v) is 7.76. The number of hydrogen-bond acceptors (Lipinski definition) is 3. The lowest BCUT2D eigenvalue weighted by atomic mass is 10.1. The van der Waals surface area contributed by atoms with Gasteiger partial charge in [0.1, 0.15) is 0 Å². The van der Waals surface area contributed by atoms with E-state index < -0.39 is 6.10 Å². The summed E-state index contributed by atoms with van der Waals surface area (Å²) >= 11 is 7.37. The van der Waals surface area contributed by atoms with E-state index in [9.17, 15) is 9.90 Å². The first-order chi connectivity index (χ1) is 13.6. The van der Waals surface area contributed by atoms with Crippen LogP contribution in [0.5, 0.6) is 0 Å². The highest BCUT2D eigenvalue weighted by Crippen LogP contribution is 2.22. The van der Waals surface area contributed by atoms with Gasteiger partial charge in [0.15, 0.2) is 4.80 Å². The molecule has 0 bridgehead atoms. The van der Waals surface area contributed by atoms with Crippen LogP contribution in [0.2, 0.25) is 5.02 Å². The zero-order valence-corrected chi connectivity index (χ0v) is 16.4. The maximum atomic E-state index is 12.6. The highest BCUT2D eigenvalue weighted by atomic mass is 35.5. The SMILES string of the molecule is O=C(N=c1sc2ccccc2n1CC(O)c1ccc(Cl)cc1)c1ccccc1. The number of carbonyl (C=O) groups excluding carboxylic acids is 1. The van der Waals surface area contributed by atoms with E-state index in [0.717, 1.165) is 15.8 Å². The van der Waals surface area contributed by atoms with Crippen LogP contribution in [0.4, 0.5) is 0 Å². The van der Waals surface area contributed by atoms with Crippen molar-refractivity contribution >= 4 is 39.1 Å². The molecule has 0 aliphatic carbocycles. The number of carbonyl (C=O) groups is 1. The van der Waals surface area contributed by atoms with Gasteiger partial charge in [0.2, 0.25) is 0 Å². The maximum Gasteiger partial charge on any atom is 0.279 e. The predicted octanol–water partition coefficient (Wildman–Crippen LogP) is 4.83. The van der Waals surface area contributed by atoms with E-state index >= 15 is 0 Å². The minimum Gasteiger partial charge on any atom is -0.387 e. The van der Waals surface area contributed by atoms with Crippen molar-refractivity contribution in [2.24, 2.45) is 4.99 Å². The van der Waals surface area contributed by atoms with Crippen molar-refractivity contribution in [1.82, 2.24) is 4.57 Å². The third-order valence-corrected chi connectivity index (χ3v) is 5.73. The fraction of sp³-hybridized carbons (Fsp3) is 0.0909.